The normalized spacial score (nSPS) is 29.4. The summed E-state index contributed by atoms with van der Waals surface area (Å²) in [6.07, 6.45) is 0. The van der Waals surface area contributed by atoms with Gasteiger partial charge in [0.25, 0.3) is 0 Å². The van der Waals surface area contributed by atoms with Crippen LogP contribution >= 0.6 is 0 Å². The van der Waals surface area contributed by atoms with Gasteiger partial charge in [0.1, 0.15) is 7.59 Å². The van der Waals surface area contributed by atoms with Crippen LogP contribution in [0.5, 0.6) is 0 Å². The van der Waals surface area contributed by atoms with Crippen molar-refractivity contribution in [3.8, 4) is 0 Å². The molecule has 1 nitrogen and oxygen atoms in total. The van der Waals surface area contributed by atoms with Crippen LogP contribution in [0.25, 0.3) is 0 Å². The molecule has 1 rings (SSSR count). The average molecular weight is 255 g/mol. The summed E-state index contributed by atoms with van der Waals surface area (Å²) in [7, 11) is -3.33. The van der Waals surface area contributed by atoms with E-state index in [9.17, 15) is 0 Å². The van der Waals surface area contributed by atoms with Crippen LogP contribution in [0.3, 0.4) is 0 Å². The quantitative estimate of drug-likeness (QED) is 0.677. The number of hydrogen-bond donors (Lipinski definition) is 0. The van der Waals surface area contributed by atoms with E-state index in [-0.39, 0.29) is 11.0 Å². The average Bonchev–Trinajstić information content (AvgIpc) is 2.10. The Morgan fingerprint density at radius 1 is 1.06 bits per heavy atom. The second-order valence-corrected chi connectivity index (χ2v) is 19.5. The van der Waals surface area contributed by atoms with Crippen molar-refractivity contribution in [2.45, 2.75) is 52.4 Å². The largest absolute Gasteiger partial charge is 0.414 e. The van der Waals surface area contributed by atoms with Gasteiger partial charge in [-0.25, -0.2) is 0 Å². The number of hydrogen-bond acceptors (Lipinski definition) is 1. The molecule has 1 aliphatic heterocycles. The van der Waals surface area contributed by atoms with Crippen molar-refractivity contribution in [3.63, 3.8) is 0 Å². The zero-order chi connectivity index (χ0) is 12.8. The molecule has 0 spiro atoms. The Hall–Kier alpha value is -0.126. The van der Waals surface area contributed by atoms with E-state index in [2.05, 4.69) is 65.3 Å². The van der Waals surface area contributed by atoms with Gasteiger partial charge in [0.15, 0.2) is 7.83 Å². The van der Waals surface area contributed by atoms with Gasteiger partial charge in [0.05, 0.1) is 5.60 Å². The first-order valence-corrected chi connectivity index (χ1v) is 12.3. The summed E-state index contributed by atoms with van der Waals surface area (Å²) in [6, 6.07) is 1.22. The van der Waals surface area contributed by atoms with Crippen LogP contribution in [0, 0.1) is 5.41 Å². The summed E-state index contributed by atoms with van der Waals surface area (Å²) >= 11 is 0. The second kappa shape index (κ2) is 3.68. The Balaban J connectivity index is 3.27. The lowest BCUT2D eigenvalue weighted by Crippen LogP contribution is -2.70. The van der Waals surface area contributed by atoms with Crippen molar-refractivity contribution in [3.05, 3.63) is 24.6 Å². The third kappa shape index (κ3) is 1.79. The molecule has 0 aromatic rings. The first kappa shape index (κ1) is 13.9. The van der Waals surface area contributed by atoms with Crippen molar-refractivity contribution < 1.29 is 4.43 Å². The van der Waals surface area contributed by atoms with Gasteiger partial charge in [-0.2, -0.15) is 0 Å². The molecule has 92 valence electrons. The maximum Gasteiger partial charge on any atom is 0.184 e. The molecule has 3 heteroatoms. The van der Waals surface area contributed by atoms with Crippen LogP contribution in [0.2, 0.25) is 19.1 Å². The standard InChI is InChI=1S/C13H26OSi2/c1-9-16(10-2)11-12(3,4)13(5,6)14-15(16,7)8/h9-10H,1-2,11H2,3-8H3. The Morgan fingerprint density at radius 3 is 1.88 bits per heavy atom. The Kier molecular flexibility index (Phi) is 3.21. The van der Waals surface area contributed by atoms with Crippen LogP contribution < -0.4 is 0 Å². The Bertz CT molecular complexity index is 308. The van der Waals surface area contributed by atoms with Gasteiger partial charge in [0.2, 0.25) is 0 Å². The van der Waals surface area contributed by atoms with E-state index >= 15 is 0 Å². The van der Waals surface area contributed by atoms with E-state index in [0.717, 1.165) is 0 Å². The van der Waals surface area contributed by atoms with E-state index in [0.29, 0.717) is 0 Å². The van der Waals surface area contributed by atoms with E-state index in [1.54, 1.807) is 0 Å². The molecule has 0 N–H and O–H groups in total. The van der Waals surface area contributed by atoms with Crippen LogP contribution in [0.1, 0.15) is 27.7 Å². The van der Waals surface area contributed by atoms with Gasteiger partial charge < -0.3 is 4.43 Å². The van der Waals surface area contributed by atoms with Gasteiger partial charge in [0, 0.05) is 0 Å². The first-order chi connectivity index (χ1) is 7.04. The van der Waals surface area contributed by atoms with Crippen LogP contribution in [0.15, 0.2) is 24.6 Å². The second-order valence-electron chi connectivity index (χ2n) is 6.63. The van der Waals surface area contributed by atoms with Gasteiger partial charge in [-0.1, -0.05) is 25.2 Å². The molecule has 0 unspecified atom stereocenters. The zero-order valence-corrected chi connectivity index (χ0v) is 13.7. The molecule has 0 bridgehead atoms. The van der Waals surface area contributed by atoms with E-state index < -0.39 is 15.4 Å². The van der Waals surface area contributed by atoms with E-state index in [4.69, 9.17) is 4.43 Å². The smallest absolute Gasteiger partial charge is 0.184 e. The zero-order valence-electron chi connectivity index (χ0n) is 11.7. The molecule has 0 radical (unpaired) electrons. The minimum absolute atomic E-state index is 0.0365. The third-order valence-corrected chi connectivity index (χ3v) is 19.7. The molecular formula is C13H26OSi2. The fourth-order valence-corrected chi connectivity index (χ4v) is 15.1. The molecular weight excluding hydrogens is 228 g/mol. The third-order valence-electron chi connectivity index (χ3n) is 4.72. The minimum atomic E-state index is -1.69. The highest BCUT2D eigenvalue weighted by molar-refractivity contribution is 7.43. The van der Waals surface area contributed by atoms with Gasteiger partial charge in [-0.15, -0.1) is 13.2 Å². The Morgan fingerprint density at radius 2 is 1.50 bits per heavy atom. The molecule has 0 aromatic carbocycles. The molecule has 1 saturated heterocycles. The van der Waals surface area contributed by atoms with Crippen molar-refractivity contribution in [2.75, 3.05) is 0 Å². The highest BCUT2D eigenvalue weighted by Crippen LogP contribution is 2.50. The van der Waals surface area contributed by atoms with E-state index in [1.165, 1.54) is 6.04 Å². The molecule has 0 aliphatic carbocycles. The van der Waals surface area contributed by atoms with Gasteiger partial charge >= 0.3 is 0 Å². The fraction of sp³-hybridized carbons (Fsp3) is 0.692. The monoisotopic (exact) mass is 254 g/mol. The Labute approximate surface area is 103 Å². The maximum absolute atomic E-state index is 6.53. The summed E-state index contributed by atoms with van der Waals surface area (Å²) in [4.78, 5) is 0. The van der Waals surface area contributed by atoms with Gasteiger partial charge in [-0.05, 0) is 38.4 Å². The van der Waals surface area contributed by atoms with Crippen molar-refractivity contribution in [2.24, 2.45) is 5.41 Å². The van der Waals surface area contributed by atoms with Crippen LogP contribution in [-0.2, 0) is 4.43 Å². The fourth-order valence-electron chi connectivity index (χ4n) is 2.75. The van der Waals surface area contributed by atoms with Crippen LogP contribution in [-0.4, -0.2) is 21.0 Å². The first-order valence-electron chi connectivity index (χ1n) is 6.01. The lowest BCUT2D eigenvalue weighted by Gasteiger charge is -2.58. The molecule has 0 aromatic heterocycles. The predicted molar refractivity (Wildman–Crippen MR) is 77.4 cm³/mol. The maximum atomic E-state index is 6.53. The summed E-state index contributed by atoms with van der Waals surface area (Å²) < 4.78 is 6.53. The van der Waals surface area contributed by atoms with Crippen molar-refractivity contribution in [1.82, 2.24) is 0 Å². The topological polar surface area (TPSA) is 9.23 Å². The molecule has 0 atom stereocenters. The van der Waals surface area contributed by atoms with Crippen molar-refractivity contribution >= 4 is 15.4 Å². The van der Waals surface area contributed by atoms with Gasteiger partial charge in [-0.3, -0.25) is 0 Å². The summed E-state index contributed by atoms with van der Waals surface area (Å²) in [5.41, 5.74) is 4.56. The van der Waals surface area contributed by atoms with E-state index in [1.807, 2.05) is 0 Å². The molecule has 1 heterocycles. The molecule has 16 heavy (non-hydrogen) atoms. The molecule has 1 aliphatic rings. The molecule has 0 amide bonds. The summed E-state index contributed by atoms with van der Waals surface area (Å²) in [5, 5.41) is 0. The summed E-state index contributed by atoms with van der Waals surface area (Å²) in [5.74, 6) is 0. The molecule has 0 saturated carbocycles. The highest BCUT2D eigenvalue weighted by Gasteiger charge is 2.59. The lowest BCUT2D eigenvalue weighted by atomic mass is 9.79. The number of rotatable bonds is 2. The van der Waals surface area contributed by atoms with Crippen molar-refractivity contribution in [1.29, 1.82) is 0 Å². The minimum Gasteiger partial charge on any atom is -0.414 e. The summed E-state index contributed by atoms with van der Waals surface area (Å²) in [6.45, 7) is 21.9. The highest BCUT2D eigenvalue weighted by atomic mass is 29.3. The SMILES string of the molecule is C=C[Si]1(C=C)CC(C)(C)C(C)(C)O[Si]1(C)C. The van der Waals surface area contributed by atoms with Crippen LogP contribution in [0.4, 0.5) is 0 Å². The predicted octanol–water partition coefficient (Wildman–Crippen LogP) is 4.00. The molecule has 1 fully saturated rings. The lowest BCUT2D eigenvalue weighted by molar-refractivity contribution is -0.0122.